The summed E-state index contributed by atoms with van der Waals surface area (Å²) in [6, 6.07) is 0. The molecule has 0 aromatic carbocycles. The third-order valence-corrected chi connectivity index (χ3v) is 3.72. The molecule has 0 aromatic heterocycles. The highest BCUT2D eigenvalue weighted by Gasteiger charge is 2.28. The maximum absolute atomic E-state index is 11.6. The van der Waals surface area contributed by atoms with E-state index in [-0.39, 0.29) is 5.92 Å². The van der Waals surface area contributed by atoms with E-state index in [0.717, 1.165) is 25.2 Å². The highest BCUT2D eigenvalue weighted by atomic mass is 16.1. The van der Waals surface area contributed by atoms with Crippen LogP contribution in [-0.4, -0.2) is 23.8 Å². The summed E-state index contributed by atoms with van der Waals surface area (Å²) in [6.07, 6.45) is 14.1. The fourth-order valence-corrected chi connectivity index (χ4v) is 2.58. The molecule has 2 heteroatoms. The average Bonchev–Trinajstić information content (AvgIpc) is 3.05. The van der Waals surface area contributed by atoms with Crippen LogP contribution < -0.4 is 0 Å². The topological polar surface area (TPSA) is 20.3 Å². The molecule has 0 bridgehead atoms. The Kier molecular flexibility index (Phi) is 4.41. The molecule has 0 radical (unpaired) electrons. The summed E-state index contributed by atoms with van der Waals surface area (Å²) in [5, 5.41) is 0. The normalized spacial score (nSPS) is 27.1. The lowest BCUT2D eigenvalue weighted by Gasteiger charge is -2.17. The fraction of sp³-hybridized carbons (Fsp3) is 0.667. The molecular formula is C15H23NO. The molecule has 1 fully saturated rings. The number of carbonyl (C=O) groups is 1. The quantitative estimate of drug-likeness (QED) is 0.648. The van der Waals surface area contributed by atoms with Crippen LogP contribution in [0.5, 0.6) is 0 Å². The Morgan fingerprint density at radius 3 is 2.18 bits per heavy atom. The van der Waals surface area contributed by atoms with Crippen LogP contribution in [0, 0.1) is 5.92 Å². The lowest BCUT2D eigenvalue weighted by molar-refractivity contribution is -0.119. The summed E-state index contributed by atoms with van der Waals surface area (Å²) < 4.78 is 0. The van der Waals surface area contributed by atoms with E-state index in [9.17, 15) is 4.79 Å². The maximum Gasteiger partial charge on any atom is 0.181 e. The van der Waals surface area contributed by atoms with E-state index in [1.165, 1.54) is 32.1 Å². The largest absolute Gasteiger partial charge is 0.369 e. The van der Waals surface area contributed by atoms with Gasteiger partial charge in [-0.2, -0.15) is 0 Å². The van der Waals surface area contributed by atoms with Gasteiger partial charge in [0.15, 0.2) is 5.78 Å². The zero-order valence-corrected chi connectivity index (χ0v) is 10.8. The van der Waals surface area contributed by atoms with E-state index in [1.54, 1.807) is 0 Å². The summed E-state index contributed by atoms with van der Waals surface area (Å²) in [5.74, 6) is 0.595. The first-order valence-electron chi connectivity index (χ1n) is 6.93. The van der Waals surface area contributed by atoms with E-state index >= 15 is 0 Å². The third-order valence-electron chi connectivity index (χ3n) is 3.72. The molecule has 1 saturated heterocycles. The number of Topliss-reactive ketones (excluding diaryl/α,β-unsaturated/α-hetero) is 1. The van der Waals surface area contributed by atoms with Gasteiger partial charge in [-0.25, -0.2) is 0 Å². The van der Waals surface area contributed by atoms with Crippen LogP contribution in [0.4, 0.5) is 0 Å². The third kappa shape index (κ3) is 3.21. The van der Waals surface area contributed by atoms with Gasteiger partial charge in [-0.1, -0.05) is 25.2 Å². The van der Waals surface area contributed by atoms with E-state index in [4.69, 9.17) is 0 Å². The fourth-order valence-electron chi connectivity index (χ4n) is 2.58. The van der Waals surface area contributed by atoms with Gasteiger partial charge in [-0.3, -0.25) is 4.79 Å². The summed E-state index contributed by atoms with van der Waals surface area (Å²) in [6.45, 7) is 4.19. The Hall–Kier alpha value is -1.05. The number of hydrogen-bond donors (Lipinski definition) is 0. The van der Waals surface area contributed by atoms with Gasteiger partial charge in [0.05, 0.1) is 5.70 Å². The molecule has 94 valence electrons. The molecule has 1 atom stereocenters. The second kappa shape index (κ2) is 6.04. The van der Waals surface area contributed by atoms with Gasteiger partial charge in [0.1, 0.15) is 0 Å². The number of allylic oxidation sites excluding steroid dienone is 4. The zero-order valence-electron chi connectivity index (χ0n) is 10.8. The molecule has 1 heterocycles. The molecule has 0 N–H and O–H groups in total. The minimum absolute atomic E-state index is 0.237. The van der Waals surface area contributed by atoms with E-state index < -0.39 is 0 Å². The molecule has 1 aliphatic heterocycles. The van der Waals surface area contributed by atoms with Crippen LogP contribution in [0.2, 0.25) is 0 Å². The monoisotopic (exact) mass is 233 g/mol. The van der Waals surface area contributed by atoms with E-state index in [1.807, 2.05) is 6.92 Å². The molecule has 2 nitrogen and oxygen atoms in total. The Morgan fingerprint density at radius 2 is 1.76 bits per heavy atom. The van der Waals surface area contributed by atoms with Crippen molar-refractivity contribution < 1.29 is 4.79 Å². The number of nitrogens with zero attached hydrogens (tertiary/aromatic N) is 1. The van der Waals surface area contributed by atoms with Crippen molar-refractivity contribution in [2.75, 3.05) is 13.1 Å². The average molecular weight is 233 g/mol. The molecule has 0 saturated carbocycles. The maximum atomic E-state index is 11.6. The molecule has 3 aliphatic rings. The lowest BCUT2D eigenvalue weighted by atomic mass is 10.1. The molecule has 2 aliphatic carbocycles. The van der Waals surface area contributed by atoms with Crippen LogP contribution in [0.1, 0.15) is 45.4 Å². The first kappa shape index (κ1) is 12.4. The van der Waals surface area contributed by atoms with Gasteiger partial charge < -0.3 is 4.90 Å². The number of ketones is 1. The summed E-state index contributed by atoms with van der Waals surface area (Å²) in [4.78, 5) is 13.8. The predicted octanol–water partition coefficient (Wildman–Crippen LogP) is 3.30. The number of rotatable bonds is 1. The van der Waals surface area contributed by atoms with Crippen molar-refractivity contribution >= 4 is 5.78 Å². The van der Waals surface area contributed by atoms with Crippen LogP contribution in [0.3, 0.4) is 0 Å². The number of likely N-dealkylation sites (tertiary alicyclic amines) is 1. The van der Waals surface area contributed by atoms with Gasteiger partial charge in [-0.05, 0) is 38.5 Å². The molecule has 0 aromatic rings. The summed E-state index contributed by atoms with van der Waals surface area (Å²) in [5.41, 5.74) is 1.00. The standard InChI is InChI=1S/C10H15NO.C5H8/c1-8-4-5-9(10(8)12)11-6-2-3-7-11;1-2-4-5-3-1/h5,8H,2-4,6-7H2,1H3;1-2H,3-5H2. The second-order valence-corrected chi connectivity index (χ2v) is 5.19. The van der Waals surface area contributed by atoms with Crippen LogP contribution in [0.25, 0.3) is 0 Å². The van der Waals surface area contributed by atoms with Crippen molar-refractivity contribution in [3.05, 3.63) is 23.9 Å². The summed E-state index contributed by atoms with van der Waals surface area (Å²) in [7, 11) is 0. The van der Waals surface area contributed by atoms with E-state index in [2.05, 4.69) is 23.1 Å². The van der Waals surface area contributed by atoms with Gasteiger partial charge >= 0.3 is 0 Å². The minimum Gasteiger partial charge on any atom is -0.369 e. The Labute approximate surface area is 104 Å². The van der Waals surface area contributed by atoms with Crippen molar-refractivity contribution in [1.82, 2.24) is 4.90 Å². The number of carbonyl (C=O) groups excluding carboxylic acids is 1. The highest BCUT2D eigenvalue weighted by molar-refractivity contribution is 5.98. The van der Waals surface area contributed by atoms with Crippen LogP contribution >= 0.6 is 0 Å². The second-order valence-electron chi connectivity index (χ2n) is 5.19. The van der Waals surface area contributed by atoms with Crippen molar-refractivity contribution in [3.8, 4) is 0 Å². The summed E-state index contributed by atoms with van der Waals surface area (Å²) >= 11 is 0. The van der Waals surface area contributed by atoms with Crippen molar-refractivity contribution in [3.63, 3.8) is 0 Å². The van der Waals surface area contributed by atoms with Gasteiger partial charge in [0.25, 0.3) is 0 Å². The Morgan fingerprint density at radius 1 is 1.12 bits per heavy atom. The SMILES string of the molecule is C1=CCCC1.CC1CC=C(N2CCCC2)C1=O. The smallest absolute Gasteiger partial charge is 0.181 e. The molecule has 1 unspecified atom stereocenters. The van der Waals surface area contributed by atoms with Crippen LogP contribution in [-0.2, 0) is 4.79 Å². The zero-order chi connectivity index (χ0) is 12.1. The molecule has 0 amide bonds. The number of hydrogen-bond acceptors (Lipinski definition) is 2. The van der Waals surface area contributed by atoms with E-state index in [0.29, 0.717) is 5.78 Å². The van der Waals surface area contributed by atoms with Crippen molar-refractivity contribution in [2.24, 2.45) is 5.92 Å². The minimum atomic E-state index is 0.237. The molecule has 0 spiro atoms. The lowest BCUT2D eigenvalue weighted by Crippen LogP contribution is -2.24. The predicted molar refractivity (Wildman–Crippen MR) is 70.7 cm³/mol. The van der Waals surface area contributed by atoms with Gasteiger partial charge in [0, 0.05) is 19.0 Å². The highest BCUT2D eigenvalue weighted by Crippen LogP contribution is 2.25. The Balaban J connectivity index is 0.000000181. The van der Waals surface area contributed by atoms with Gasteiger partial charge in [-0.15, -0.1) is 0 Å². The van der Waals surface area contributed by atoms with Crippen molar-refractivity contribution in [2.45, 2.75) is 45.4 Å². The molecule has 17 heavy (non-hydrogen) atoms. The van der Waals surface area contributed by atoms with Crippen LogP contribution in [0.15, 0.2) is 23.9 Å². The first-order chi connectivity index (χ1) is 8.29. The molecule has 3 rings (SSSR count). The van der Waals surface area contributed by atoms with Crippen molar-refractivity contribution in [1.29, 1.82) is 0 Å². The Bertz CT molecular complexity index is 318. The first-order valence-corrected chi connectivity index (χ1v) is 6.93. The molecular weight excluding hydrogens is 210 g/mol. The van der Waals surface area contributed by atoms with Gasteiger partial charge in [0.2, 0.25) is 0 Å².